The van der Waals surface area contributed by atoms with E-state index in [1.165, 1.54) is 12.8 Å². The lowest BCUT2D eigenvalue weighted by Gasteiger charge is -2.36. The number of amides is 1. The number of fused-ring (bicyclic) bond motifs is 4. The molecule has 3 saturated heterocycles. The first-order valence-corrected chi connectivity index (χ1v) is 5.48. The molecule has 3 rings (SSSR count). The number of carbonyl (C=O) groups is 1. The molecule has 3 aliphatic heterocycles. The second kappa shape index (κ2) is 4.17. The summed E-state index contributed by atoms with van der Waals surface area (Å²) in [4.78, 5) is 13.5. The number of nitrogens with one attached hydrogen (secondary N) is 1. The second-order valence-corrected chi connectivity index (χ2v) is 4.04. The van der Waals surface area contributed by atoms with Crippen molar-refractivity contribution in [3.8, 4) is 0 Å². The molecule has 3 fully saturated rings. The van der Waals surface area contributed by atoms with Crippen LogP contribution in [0.15, 0.2) is 0 Å². The van der Waals surface area contributed by atoms with E-state index in [4.69, 9.17) is 4.74 Å². The van der Waals surface area contributed by atoms with E-state index in [9.17, 15) is 4.79 Å². The number of hydrogen-bond donors (Lipinski definition) is 1. The molecule has 1 N–H and O–H groups in total. The predicted octanol–water partition coefficient (Wildman–Crippen LogP) is 0.969. The first-order valence-electron chi connectivity index (χ1n) is 5.48. The van der Waals surface area contributed by atoms with Gasteiger partial charge in [0.2, 0.25) is 0 Å². The summed E-state index contributed by atoms with van der Waals surface area (Å²) in [6.45, 7) is 4.08. The van der Waals surface area contributed by atoms with Gasteiger partial charge in [0.25, 0.3) is 0 Å². The highest BCUT2D eigenvalue weighted by Gasteiger charge is 2.34. The lowest BCUT2D eigenvalue weighted by molar-refractivity contribution is 0.0764. The third kappa shape index (κ3) is 1.85. The van der Waals surface area contributed by atoms with Gasteiger partial charge in [-0.15, -0.1) is 0 Å². The molecule has 3 heterocycles. The molecule has 2 atom stereocenters. The molecule has 2 bridgehead atoms. The molecule has 4 heteroatoms. The lowest BCUT2D eigenvalue weighted by Crippen LogP contribution is -2.56. The highest BCUT2D eigenvalue weighted by atomic mass is 16.6. The van der Waals surface area contributed by atoms with Crippen molar-refractivity contribution in [3.63, 3.8) is 0 Å². The van der Waals surface area contributed by atoms with Crippen molar-refractivity contribution in [1.82, 2.24) is 10.2 Å². The van der Waals surface area contributed by atoms with E-state index in [-0.39, 0.29) is 6.09 Å². The Balaban J connectivity index is 2.01. The first kappa shape index (κ1) is 9.77. The molecule has 0 saturated carbocycles. The second-order valence-electron chi connectivity index (χ2n) is 4.04. The van der Waals surface area contributed by atoms with Crippen molar-refractivity contribution >= 4 is 6.09 Å². The summed E-state index contributed by atoms with van der Waals surface area (Å²) in [6.07, 6.45) is 3.39. The van der Waals surface area contributed by atoms with Gasteiger partial charge in [-0.3, -0.25) is 0 Å². The van der Waals surface area contributed by atoms with Gasteiger partial charge in [0.15, 0.2) is 0 Å². The molecular weight excluding hydrogens is 180 g/mol. The summed E-state index contributed by atoms with van der Waals surface area (Å²) in [7, 11) is 0. The zero-order chi connectivity index (χ0) is 9.97. The number of piperazine rings is 1. The maximum absolute atomic E-state index is 11.6. The number of ether oxygens (including phenoxy) is 1. The SMILES string of the molecule is CCOC(=O)N1CC2CCCC1CN2. The summed E-state index contributed by atoms with van der Waals surface area (Å²) in [5, 5.41) is 3.46. The van der Waals surface area contributed by atoms with E-state index < -0.39 is 0 Å². The minimum atomic E-state index is -0.133. The minimum Gasteiger partial charge on any atom is -0.450 e. The van der Waals surface area contributed by atoms with Crippen LogP contribution < -0.4 is 5.32 Å². The molecule has 14 heavy (non-hydrogen) atoms. The topological polar surface area (TPSA) is 41.6 Å². The van der Waals surface area contributed by atoms with Crippen molar-refractivity contribution < 1.29 is 9.53 Å². The molecule has 0 aromatic rings. The third-order valence-electron chi connectivity index (χ3n) is 3.09. The highest BCUT2D eigenvalue weighted by molar-refractivity contribution is 5.68. The number of nitrogens with zero attached hydrogens (tertiary/aromatic N) is 1. The standard InChI is InChI=1S/C10H18N2O2/c1-2-14-10(13)12-7-8-4-3-5-9(12)6-11-8/h8-9,11H,2-7H2,1H3. The number of hydrogen-bond acceptors (Lipinski definition) is 3. The third-order valence-corrected chi connectivity index (χ3v) is 3.09. The van der Waals surface area contributed by atoms with Crippen LogP contribution in [-0.4, -0.2) is 42.8 Å². The average Bonchev–Trinajstić information content (AvgIpc) is 2.52. The Bertz CT molecular complexity index is 216. The summed E-state index contributed by atoms with van der Waals surface area (Å²) >= 11 is 0. The van der Waals surface area contributed by atoms with Crippen molar-refractivity contribution in [1.29, 1.82) is 0 Å². The lowest BCUT2D eigenvalue weighted by atomic mass is 10.1. The molecule has 4 nitrogen and oxygen atoms in total. The molecule has 0 spiro atoms. The van der Waals surface area contributed by atoms with Crippen LogP contribution in [0.1, 0.15) is 26.2 Å². The maximum atomic E-state index is 11.6. The van der Waals surface area contributed by atoms with E-state index in [0.29, 0.717) is 18.7 Å². The Kier molecular flexibility index (Phi) is 2.91. The molecule has 0 aromatic carbocycles. The van der Waals surface area contributed by atoms with Crippen LogP contribution in [-0.2, 0) is 4.74 Å². The van der Waals surface area contributed by atoms with Crippen molar-refractivity contribution in [2.24, 2.45) is 0 Å². The van der Waals surface area contributed by atoms with Gasteiger partial charge in [0.05, 0.1) is 6.61 Å². The Morgan fingerprint density at radius 3 is 3.21 bits per heavy atom. The molecule has 0 aliphatic carbocycles. The van der Waals surface area contributed by atoms with Gasteiger partial charge in [0, 0.05) is 25.2 Å². The Labute approximate surface area is 84.6 Å². The largest absolute Gasteiger partial charge is 0.450 e. The predicted molar refractivity (Wildman–Crippen MR) is 53.2 cm³/mol. The minimum absolute atomic E-state index is 0.133. The van der Waals surface area contributed by atoms with E-state index >= 15 is 0 Å². The smallest absolute Gasteiger partial charge is 0.410 e. The van der Waals surface area contributed by atoms with Gasteiger partial charge in [-0.05, 0) is 26.2 Å². The number of carbonyl (C=O) groups excluding carboxylic acids is 1. The molecule has 80 valence electrons. The van der Waals surface area contributed by atoms with Gasteiger partial charge in [-0.1, -0.05) is 0 Å². The Morgan fingerprint density at radius 1 is 1.57 bits per heavy atom. The van der Waals surface area contributed by atoms with Crippen LogP contribution >= 0.6 is 0 Å². The zero-order valence-corrected chi connectivity index (χ0v) is 8.66. The van der Waals surface area contributed by atoms with Crippen LogP contribution in [0.4, 0.5) is 4.79 Å². The quantitative estimate of drug-likeness (QED) is 0.682. The van der Waals surface area contributed by atoms with Crippen molar-refractivity contribution in [2.75, 3.05) is 19.7 Å². The fourth-order valence-electron chi connectivity index (χ4n) is 2.35. The maximum Gasteiger partial charge on any atom is 0.410 e. The summed E-state index contributed by atoms with van der Waals surface area (Å²) in [6, 6.07) is 0.839. The Morgan fingerprint density at radius 2 is 2.43 bits per heavy atom. The van der Waals surface area contributed by atoms with Crippen molar-refractivity contribution in [3.05, 3.63) is 0 Å². The molecule has 3 aliphatic rings. The normalized spacial score (nSPS) is 31.4. The summed E-state index contributed by atoms with van der Waals surface area (Å²) in [5.41, 5.74) is 0. The van der Waals surface area contributed by atoms with Crippen LogP contribution in [0.2, 0.25) is 0 Å². The molecule has 1 amide bonds. The van der Waals surface area contributed by atoms with Gasteiger partial charge < -0.3 is 15.0 Å². The molecule has 0 radical (unpaired) electrons. The van der Waals surface area contributed by atoms with Crippen LogP contribution in [0.25, 0.3) is 0 Å². The van der Waals surface area contributed by atoms with E-state index in [2.05, 4.69) is 5.32 Å². The first-order chi connectivity index (χ1) is 6.81. The van der Waals surface area contributed by atoms with E-state index in [0.717, 1.165) is 19.5 Å². The van der Waals surface area contributed by atoms with Crippen LogP contribution in [0.3, 0.4) is 0 Å². The molecule has 2 unspecified atom stereocenters. The van der Waals surface area contributed by atoms with Gasteiger partial charge in [0.1, 0.15) is 0 Å². The fraction of sp³-hybridized carbons (Fsp3) is 0.900. The van der Waals surface area contributed by atoms with Crippen LogP contribution in [0, 0.1) is 0 Å². The van der Waals surface area contributed by atoms with Crippen LogP contribution in [0.5, 0.6) is 0 Å². The van der Waals surface area contributed by atoms with E-state index in [1.807, 2.05) is 11.8 Å². The van der Waals surface area contributed by atoms with Gasteiger partial charge >= 0.3 is 6.09 Å². The summed E-state index contributed by atoms with van der Waals surface area (Å²) in [5.74, 6) is 0. The van der Waals surface area contributed by atoms with Gasteiger partial charge in [-0.2, -0.15) is 0 Å². The molecular formula is C10H18N2O2. The Hall–Kier alpha value is -0.770. The summed E-state index contributed by atoms with van der Waals surface area (Å²) < 4.78 is 5.05. The van der Waals surface area contributed by atoms with Crippen molar-refractivity contribution in [2.45, 2.75) is 38.3 Å². The van der Waals surface area contributed by atoms with Gasteiger partial charge in [-0.25, -0.2) is 4.79 Å². The molecule has 0 aromatic heterocycles. The monoisotopic (exact) mass is 198 g/mol. The highest BCUT2D eigenvalue weighted by Crippen LogP contribution is 2.21. The number of rotatable bonds is 1. The zero-order valence-electron chi connectivity index (χ0n) is 8.66. The average molecular weight is 198 g/mol. The fourth-order valence-corrected chi connectivity index (χ4v) is 2.35. The van der Waals surface area contributed by atoms with E-state index in [1.54, 1.807) is 0 Å².